The fourth-order valence-corrected chi connectivity index (χ4v) is 1.24. The van der Waals surface area contributed by atoms with Crippen molar-refractivity contribution in [3.05, 3.63) is 23.8 Å². The van der Waals surface area contributed by atoms with Gasteiger partial charge < -0.3 is 14.2 Å². The van der Waals surface area contributed by atoms with E-state index in [1.807, 2.05) is 6.07 Å². The first kappa shape index (κ1) is 12.8. The zero-order valence-electron chi connectivity index (χ0n) is 9.89. The molecule has 0 N–H and O–H groups in total. The van der Waals surface area contributed by atoms with Crippen LogP contribution < -0.4 is 9.47 Å². The third-order valence-electron chi connectivity index (χ3n) is 2.13. The first-order chi connectivity index (χ1) is 8.12. The van der Waals surface area contributed by atoms with E-state index in [0.29, 0.717) is 17.1 Å². The molecule has 0 aliphatic heterocycles. The normalized spacial score (nSPS) is 11.2. The van der Waals surface area contributed by atoms with Crippen LogP contribution in [0.25, 0.3) is 0 Å². The van der Waals surface area contributed by atoms with E-state index in [9.17, 15) is 4.79 Å². The Morgan fingerprint density at radius 2 is 2.06 bits per heavy atom. The number of hydrogen-bond donors (Lipinski definition) is 0. The highest BCUT2D eigenvalue weighted by atomic mass is 16.6. The number of nitriles is 1. The van der Waals surface area contributed by atoms with Gasteiger partial charge in [-0.1, -0.05) is 0 Å². The third kappa shape index (κ3) is 3.11. The summed E-state index contributed by atoms with van der Waals surface area (Å²) in [7, 11) is 2.75. The lowest BCUT2D eigenvalue weighted by Gasteiger charge is -2.14. The Bertz CT molecular complexity index is 450. The largest absolute Gasteiger partial charge is 0.493 e. The molecule has 0 radical (unpaired) electrons. The molecule has 5 nitrogen and oxygen atoms in total. The summed E-state index contributed by atoms with van der Waals surface area (Å²) in [5, 5.41) is 8.74. The predicted octanol–water partition coefficient (Wildman–Crippen LogP) is 1.51. The molecular weight excluding hydrogens is 222 g/mol. The number of esters is 1. The molecule has 0 aliphatic carbocycles. The Morgan fingerprint density at radius 1 is 1.35 bits per heavy atom. The number of methoxy groups -OCH3 is 2. The summed E-state index contributed by atoms with van der Waals surface area (Å²) in [6, 6.07) is 6.70. The number of benzene rings is 1. The van der Waals surface area contributed by atoms with E-state index in [1.165, 1.54) is 14.2 Å². The smallest absolute Gasteiger partial charge is 0.346 e. The second kappa shape index (κ2) is 5.75. The van der Waals surface area contributed by atoms with Crippen LogP contribution in [0.4, 0.5) is 0 Å². The van der Waals surface area contributed by atoms with E-state index in [4.69, 9.17) is 14.7 Å². The molecule has 0 saturated heterocycles. The van der Waals surface area contributed by atoms with Crippen LogP contribution in [0, 0.1) is 11.3 Å². The van der Waals surface area contributed by atoms with Crippen molar-refractivity contribution < 1.29 is 19.0 Å². The van der Waals surface area contributed by atoms with Crippen LogP contribution >= 0.6 is 0 Å². The molecule has 0 spiro atoms. The topological polar surface area (TPSA) is 68.5 Å². The molecule has 0 aromatic heterocycles. The average Bonchev–Trinajstić information content (AvgIpc) is 2.37. The van der Waals surface area contributed by atoms with Gasteiger partial charge in [0.15, 0.2) is 17.6 Å². The van der Waals surface area contributed by atoms with E-state index in [0.717, 1.165) is 0 Å². The molecule has 0 aliphatic rings. The zero-order valence-corrected chi connectivity index (χ0v) is 9.89. The quantitative estimate of drug-likeness (QED) is 0.740. The van der Waals surface area contributed by atoms with Gasteiger partial charge in [0.05, 0.1) is 25.9 Å². The van der Waals surface area contributed by atoms with Crippen LogP contribution in [0.1, 0.15) is 12.5 Å². The van der Waals surface area contributed by atoms with Gasteiger partial charge in [-0.15, -0.1) is 0 Å². The summed E-state index contributed by atoms with van der Waals surface area (Å²) in [4.78, 5) is 11.2. The molecule has 0 amide bonds. The summed E-state index contributed by atoms with van der Waals surface area (Å²) in [5.41, 5.74) is 0.458. The van der Waals surface area contributed by atoms with Gasteiger partial charge in [0, 0.05) is 6.07 Å². The van der Waals surface area contributed by atoms with Crippen molar-refractivity contribution in [1.29, 1.82) is 5.26 Å². The molecule has 90 valence electrons. The molecule has 0 fully saturated rings. The van der Waals surface area contributed by atoms with Crippen molar-refractivity contribution in [3.8, 4) is 17.6 Å². The molecule has 5 heteroatoms. The Labute approximate surface area is 99.5 Å². The number of carbonyl (C=O) groups excluding carboxylic acids is 1. The number of nitrogens with zero attached hydrogens (tertiary/aromatic N) is 1. The van der Waals surface area contributed by atoms with Gasteiger partial charge in [-0.25, -0.2) is 4.79 Å². The summed E-state index contributed by atoms with van der Waals surface area (Å²) in [6.45, 7) is 1.57. The first-order valence-corrected chi connectivity index (χ1v) is 4.95. The van der Waals surface area contributed by atoms with Crippen molar-refractivity contribution in [2.24, 2.45) is 0 Å². The number of ether oxygens (including phenoxy) is 3. The van der Waals surface area contributed by atoms with Crippen LogP contribution in [0.2, 0.25) is 0 Å². The van der Waals surface area contributed by atoms with Crippen LogP contribution in [-0.2, 0) is 9.53 Å². The van der Waals surface area contributed by atoms with Crippen molar-refractivity contribution in [1.82, 2.24) is 0 Å². The van der Waals surface area contributed by atoms with Crippen LogP contribution in [0.3, 0.4) is 0 Å². The lowest BCUT2D eigenvalue weighted by atomic mass is 10.2. The lowest BCUT2D eigenvalue weighted by molar-refractivity contribution is -0.147. The standard InChI is InChI=1S/C12H13NO4/c1-8(12(14)16-3)17-10-5-4-9(7-13)6-11(10)15-2/h4-6,8H,1-3H3/t8-/m0/s1. The maximum atomic E-state index is 11.2. The fourth-order valence-electron chi connectivity index (χ4n) is 1.24. The molecule has 1 rings (SSSR count). The minimum absolute atomic E-state index is 0.393. The van der Waals surface area contributed by atoms with E-state index in [-0.39, 0.29) is 0 Å². The summed E-state index contributed by atoms with van der Waals surface area (Å²) in [5.74, 6) is 0.320. The van der Waals surface area contributed by atoms with Gasteiger partial charge in [0.25, 0.3) is 0 Å². The Kier molecular flexibility index (Phi) is 4.35. The summed E-state index contributed by atoms with van der Waals surface area (Å²) < 4.78 is 15.0. The second-order valence-electron chi connectivity index (χ2n) is 3.26. The van der Waals surface area contributed by atoms with Gasteiger partial charge in [-0.05, 0) is 19.1 Å². The van der Waals surface area contributed by atoms with E-state index < -0.39 is 12.1 Å². The van der Waals surface area contributed by atoms with Crippen LogP contribution in [0.15, 0.2) is 18.2 Å². The first-order valence-electron chi connectivity index (χ1n) is 4.95. The van der Waals surface area contributed by atoms with Gasteiger partial charge in [-0.3, -0.25) is 0 Å². The molecular formula is C12H13NO4. The predicted molar refractivity (Wildman–Crippen MR) is 59.8 cm³/mol. The number of hydrogen-bond acceptors (Lipinski definition) is 5. The maximum Gasteiger partial charge on any atom is 0.346 e. The van der Waals surface area contributed by atoms with Gasteiger partial charge >= 0.3 is 5.97 Å². The Balaban J connectivity index is 2.91. The minimum atomic E-state index is -0.734. The molecule has 0 bridgehead atoms. The Hall–Kier alpha value is -2.22. The number of rotatable bonds is 4. The SMILES string of the molecule is COC(=O)[C@H](C)Oc1ccc(C#N)cc1OC. The highest BCUT2D eigenvalue weighted by molar-refractivity contribution is 5.74. The third-order valence-corrected chi connectivity index (χ3v) is 2.13. The molecule has 0 unspecified atom stereocenters. The van der Waals surface area contributed by atoms with Crippen LogP contribution in [-0.4, -0.2) is 26.3 Å². The second-order valence-corrected chi connectivity index (χ2v) is 3.26. The average molecular weight is 235 g/mol. The molecule has 17 heavy (non-hydrogen) atoms. The highest BCUT2D eigenvalue weighted by Gasteiger charge is 2.17. The lowest BCUT2D eigenvalue weighted by Crippen LogP contribution is -2.25. The minimum Gasteiger partial charge on any atom is -0.493 e. The van der Waals surface area contributed by atoms with Crippen LogP contribution in [0.5, 0.6) is 11.5 Å². The molecule has 0 heterocycles. The van der Waals surface area contributed by atoms with Crippen molar-refractivity contribution in [2.75, 3.05) is 14.2 Å². The zero-order chi connectivity index (χ0) is 12.8. The van der Waals surface area contributed by atoms with E-state index in [2.05, 4.69) is 4.74 Å². The Morgan fingerprint density at radius 3 is 2.59 bits per heavy atom. The number of carbonyl (C=O) groups is 1. The molecule has 1 atom stereocenters. The molecule has 1 aromatic carbocycles. The van der Waals surface area contributed by atoms with Gasteiger partial charge in [0.2, 0.25) is 0 Å². The highest BCUT2D eigenvalue weighted by Crippen LogP contribution is 2.28. The van der Waals surface area contributed by atoms with E-state index in [1.54, 1.807) is 25.1 Å². The van der Waals surface area contributed by atoms with Crippen molar-refractivity contribution in [2.45, 2.75) is 13.0 Å². The van der Waals surface area contributed by atoms with Crippen molar-refractivity contribution >= 4 is 5.97 Å². The fraction of sp³-hybridized carbons (Fsp3) is 0.333. The molecule has 1 aromatic rings. The summed E-state index contributed by atoms with van der Waals surface area (Å²) in [6.07, 6.45) is -0.734. The summed E-state index contributed by atoms with van der Waals surface area (Å²) >= 11 is 0. The van der Waals surface area contributed by atoms with Crippen molar-refractivity contribution in [3.63, 3.8) is 0 Å². The van der Waals surface area contributed by atoms with Gasteiger partial charge in [-0.2, -0.15) is 5.26 Å². The van der Waals surface area contributed by atoms with Gasteiger partial charge in [0.1, 0.15) is 0 Å². The van der Waals surface area contributed by atoms with E-state index >= 15 is 0 Å². The monoisotopic (exact) mass is 235 g/mol. The maximum absolute atomic E-state index is 11.2. The molecule has 0 saturated carbocycles.